The first-order valence-corrected chi connectivity index (χ1v) is 9.71. The van der Waals surface area contributed by atoms with Gasteiger partial charge in [-0.3, -0.25) is 9.38 Å². The Kier molecular flexibility index (Phi) is 5.34. The van der Waals surface area contributed by atoms with Crippen molar-refractivity contribution in [3.63, 3.8) is 0 Å². The van der Waals surface area contributed by atoms with Gasteiger partial charge >= 0.3 is 5.97 Å². The maximum absolute atomic E-state index is 11.9. The van der Waals surface area contributed by atoms with Crippen LogP contribution < -0.4 is 10.2 Å². The van der Waals surface area contributed by atoms with Crippen LogP contribution in [-0.4, -0.2) is 41.0 Å². The van der Waals surface area contributed by atoms with Crippen LogP contribution in [0.5, 0.6) is 0 Å². The fraction of sp³-hybridized carbons (Fsp3) is 0.174. The molecule has 0 amide bonds. The van der Waals surface area contributed by atoms with Gasteiger partial charge in [-0.1, -0.05) is 12.1 Å². The van der Waals surface area contributed by atoms with E-state index in [4.69, 9.17) is 9.72 Å². The molecule has 0 atom stereocenters. The molecule has 1 N–H and O–H groups in total. The zero-order chi connectivity index (χ0) is 21.1. The summed E-state index contributed by atoms with van der Waals surface area (Å²) < 4.78 is 7.01. The molecular formula is C23H23N5O2. The first-order chi connectivity index (χ1) is 14.6. The fourth-order valence-corrected chi connectivity index (χ4v) is 3.19. The average molecular weight is 401 g/mol. The lowest BCUT2D eigenvalue weighted by atomic mass is 10.1. The van der Waals surface area contributed by atoms with E-state index in [9.17, 15) is 4.79 Å². The molecule has 2 heterocycles. The summed E-state index contributed by atoms with van der Waals surface area (Å²) in [5, 5.41) is 3.44. The maximum Gasteiger partial charge on any atom is 0.338 e. The van der Waals surface area contributed by atoms with E-state index in [0.717, 1.165) is 34.1 Å². The van der Waals surface area contributed by atoms with E-state index >= 15 is 0 Å². The van der Waals surface area contributed by atoms with E-state index in [-0.39, 0.29) is 5.97 Å². The topological polar surface area (TPSA) is 71.8 Å². The van der Waals surface area contributed by atoms with Crippen molar-refractivity contribution < 1.29 is 9.53 Å². The number of carbonyl (C=O) groups excluding carboxylic acids is 1. The van der Waals surface area contributed by atoms with Crippen LogP contribution in [0.2, 0.25) is 0 Å². The molecule has 152 valence electrons. The summed E-state index contributed by atoms with van der Waals surface area (Å²) in [4.78, 5) is 22.9. The summed E-state index contributed by atoms with van der Waals surface area (Å²) in [5.41, 5.74) is 5.04. The highest BCUT2D eigenvalue weighted by atomic mass is 16.5. The largest absolute Gasteiger partial charge is 0.462 e. The van der Waals surface area contributed by atoms with E-state index < -0.39 is 0 Å². The molecule has 0 saturated heterocycles. The number of ether oxygens (including phenoxy) is 1. The van der Waals surface area contributed by atoms with Crippen LogP contribution in [0.4, 0.5) is 17.2 Å². The standard InChI is InChI=1S/C23H23N5O2/c1-4-30-23(29)17-5-9-18(10-6-17)25-22-21(26-20-15-24-13-14-28(20)22)16-7-11-19(12-8-16)27(2)3/h5-15,25H,4H2,1-3H3. The van der Waals surface area contributed by atoms with Crippen molar-refractivity contribution >= 4 is 28.8 Å². The van der Waals surface area contributed by atoms with Gasteiger partial charge in [0.1, 0.15) is 11.5 Å². The summed E-state index contributed by atoms with van der Waals surface area (Å²) in [6.07, 6.45) is 5.32. The monoisotopic (exact) mass is 401 g/mol. The molecule has 2 aromatic carbocycles. The maximum atomic E-state index is 11.9. The van der Waals surface area contributed by atoms with Gasteiger partial charge in [-0.05, 0) is 43.3 Å². The van der Waals surface area contributed by atoms with E-state index in [1.54, 1.807) is 31.5 Å². The smallest absolute Gasteiger partial charge is 0.338 e. The Morgan fingerprint density at radius 1 is 1.10 bits per heavy atom. The van der Waals surface area contributed by atoms with Crippen molar-refractivity contribution in [2.24, 2.45) is 0 Å². The molecule has 0 unspecified atom stereocenters. The zero-order valence-electron chi connectivity index (χ0n) is 17.2. The van der Waals surface area contributed by atoms with Gasteiger partial charge in [-0.25, -0.2) is 9.78 Å². The predicted octanol–water partition coefficient (Wildman–Crippen LogP) is 4.38. The molecule has 0 aliphatic heterocycles. The van der Waals surface area contributed by atoms with Crippen LogP contribution >= 0.6 is 0 Å². The molecule has 30 heavy (non-hydrogen) atoms. The minimum Gasteiger partial charge on any atom is -0.462 e. The molecule has 4 aromatic rings. The Hall–Kier alpha value is -3.87. The second-order valence-electron chi connectivity index (χ2n) is 6.98. The number of rotatable bonds is 6. The van der Waals surface area contributed by atoms with Crippen LogP contribution in [-0.2, 0) is 4.74 Å². The molecule has 0 aliphatic carbocycles. The van der Waals surface area contributed by atoms with E-state index in [0.29, 0.717) is 12.2 Å². The number of anilines is 3. The quantitative estimate of drug-likeness (QED) is 0.484. The van der Waals surface area contributed by atoms with Gasteiger partial charge in [0.05, 0.1) is 18.4 Å². The van der Waals surface area contributed by atoms with Gasteiger partial charge in [0.15, 0.2) is 5.65 Å². The van der Waals surface area contributed by atoms with Crippen LogP contribution in [0.3, 0.4) is 0 Å². The van der Waals surface area contributed by atoms with Crippen molar-refractivity contribution in [3.8, 4) is 11.3 Å². The number of benzene rings is 2. The van der Waals surface area contributed by atoms with Crippen molar-refractivity contribution in [2.75, 3.05) is 30.9 Å². The van der Waals surface area contributed by atoms with E-state index in [2.05, 4.69) is 39.5 Å². The minimum absolute atomic E-state index is 0.327. The molecular weight excluding hydrogens is 378 g/mol. The predicted molar refractivity (Wildman–Crippen MR) is 118 cm³/mol. The van der Waals surface area contributed by atoms with E-state index in [1.807, 2.05) is 36.8 Å². The molecule has 7 nitrogen and oxygen atoms in total. The molecule has 7 heteroatoms. The number of imidazole rings is 1. The second kappa shape index (κ2) is 8.24. The number of nitrogens with one attached hydrogen (secondary N) is 1. The highest BCUT2D eigenvalue weighted by molar-refractivity contribution is 5.90. The fourth-order valence-electron chi connectivity index (χ4n) is 3.19. The van der Waals surface area contributed by atoms with Crippen molar-refractivity contribution in [1.29, 1.82) is 0 Å². The number of hydrogen-bond donors (Lipinski definition) is 1. The van der Waals surface area contributed by atoms with Gasteiger partial charge < -0.3 is 15.0 Å². The van der Waals surface area contributed by atoms with Gasteiger partial charge in [0.2, 0.25) is 0 Å². The Balaban J connectivity index is 1.71. The Morgan fingerprint density at radius 3 is 2.50 bits per heavy atom. The van der Waals surface area contributed by atoms with Crippen LogP contribution in [0.15, 0.2) is 67.1 Å². The number of hydrogen-bond acceptors (Lipinski definition) is 6. The summed E-state index contributed by atoms with van der Waals surface area (Å²) >= 11 is 0. The highest BCUT2D eigenvalue weighted by Crippen LogP contribution is 2.32. The molecule has 4 rings (SSSR count). The number of nitrogens with zero attached hydrogens (tertiary/aromatic N) is 4. The molecule has 0 bridgehead atoms. The first-order valence-electron chi connectivity index (χ1n) is 9.71. The second-order valence-corrected chi connectivity index (χ2v) is 6.98. The van der Waals surface area contributed by atoms with Crippen LogP contribution in [0.25, 0.3) is 16.9 Å². The van der Waals surface area contributed by atoms with Crippen molar-refractivity contribution in [1.82, 2.24) is 14.4 Å². The normalized spacial score (nSPS) is 10.8. The van der Waals surface area contributed by atoms with E-state index in [1.165, 1.54) is 0 Å². The van der Waals surface area contributed by atoms with Gasteiger partial charge in [-0.2, -0.15) is 0 Å². The number of fused-ring (bicyclic) bond motifs is 1. The summed E-state index contributed by atoms with van der Waals surface area (Å²) in [6.45, 7) is 2.14. The number of carbonyl (C=O) groups is 1. The molecule has 0 spiro atoms. The number of aromatic nitrogens is 3. The Bertz CT molecular complexity index is 1160. The molecule has 0 fully saturated rings. The Morgan fingerprint density at radius 2 is 1.83 bits per heavy atom. The lowest BCUT2D eigenvalue weighted by Gasteiger charge is -2.13. The third-order valence-corrected chi connectivity index (χ3v) is 4.75. The number of esters is 1. The SMILES string of the molecule is CCOC(=O)c1ccc(Nc2c(-c3ccc(N(C)C)cc3)nc3cnccn23)cc1. The first kappa shape index (κ1) is 19.4. The summed E-state index contributed by atoms with van der Waals surface area (Å²) in [6, 6.07) is 15.4. The average Bonchev–Trinajstić information content (AvgIpc) is 3.13. The molecule has 0 radical (unpaired) electrons. The van der Waals surface area contributed by atoms with Crippen LogP contribution in [0.1, 0.15) is 17.3 Å². The summed E-state index contributed by atoms with van der Waals surface area (Å²) in [7, 11) is 4.02. The Labute approximate surface area is 175 Å². The highest BCUT2D eigenvalue weighted by Gasteiger charge is 2.15. The van der Waals surface area contributed by atoms with Crippen molar-refractivity contribution in [3.05, 3.63) is 72.7 Å². The lowest BCUT2D eigenvalue weighted by Crippen LogP contribution is -2.08. The van der Waals surface area contributed by atoms with Gasteiger partial charge in [0, 0.05) is 43.4 Å². The molecule has 2 aromatic heterocycles. The van der Waals surface area contributed by atoms with Crippen molar-refractivity contribution in [2.45, 2.75) is 6.92 Å². The third-order valence-electron chi connectivity index (χ3n) is 4.75. The molecule has 0 aliphatic rings. The lowest BCUT2D eigenvalue weighted by molar-refractivity contribution is 0.0526. The zero-order valence-corrected chi connectivity index (χ0v) is 17.2. The van der Waals surface area contributed by atoms with Gasteiger partial charge in [-0.15, -0.1) is 0 Å². The molecule has 0 saturated carbocycles. The minimum atomic E-state index is -0.327. The third kappa shape index (κ3) is 3.82. The van der Waals surface area contributed by atoms with Gasteiger partial charge in [0.25, 0.3) is 0 Å². The summed E-state index contributed by atoms with van der Waals surface area (Å²) in [5.74, 6) is 0.500. The van der Waals surface area contributed by atoms with Crippen LogP contribution in [0, 0.1) is 0 Å².